The van der Waals surface area contributed by atoms with E-state index in [1.54, 1.807) is 17.4 Å². The quantitative estimate of drug-likeness (QED) is 0.854. The molecule has 0 aliphatic carbocycles. The third-order valence-corrected chi connectivity index (χ3v) is 5.23. The van der Waals surface area contributed by atoms with Crippen LogP contribution in [0.4, 0.5) is 0 Å². The molecule has 2 aromatic rings. The first-order chi connectivity index (χ1) is 11.6. The number of amides is 1. The predicted octanol–water partition coefficient (Wildman–Crippen LogP) is 2.91. The molecule has 7 heteroatoms. The molecule has 5 nitrogen and oxygen atoms in total. The van der Waals surface area contributed by atoms with Gasteiger partial charge in [-0.2, -0.15) is 0 Å². The van der Waals surface area contributed by atoms with Gasteiger partial charge < -0.3 is 15.2 Å². The number of phenolic OH excluding ortho intramolecular Hbond substituents is 1. The number of thiophene rings is 1. The van der Waals surface area contributed by atoms with E-state index in [9.17, 15) is 9.90 Å². The zero-order valence-electron chi connectivity index (χ0n) is 13.1. The van der Waals surface area contributed by atoms with Crippen molar-refractivity contribution in [3.8, 4) is 5.75 Å². The van der Waals surface area contributed by atoms with E-state index >= 15 is 0 Å². The van der Waals surface area contributed by atoms with E-state index in [1.807, 2.05) is 11.4 Å². The van der Waals surface area contributed by atoms with Gasteiger partial charge in [-0.05, 0) is 29.6 Å². The largest absolute Gasteiger partial charge is 0.507 e. The van der Waals surface area contributed by atoms with Gasteiger partial charge >= 0.3 is 0 Å². The van der Waals surface area contributed by atoms with Crippen molar-refractivity contribution in [1.82, 2.24) is 10.2 Å². The molecule has 1 aliphatic rings. The number of ether oxygens (including phenoxy) is 1. The van der Waals surface area contributed by atoms with Crippen molar-refractivity contribution < 1.29 is 14.6 Å². The highest BCUT2D eigenvalue weighted by atomic mass is 35.5. The number of nitrogens with zero attached hydrogens (tertiary/aromatic N) is 1. The van der Waals surface area contributed by atoms with Crippen molar-refractivity contribution in [2.45, 2.75) is 6.04 Å². The average molecular weight is 367 g/mol. The number of rotatable bonds is 5. The predicted molar refractivity (Wildman–Crippen MR) is 94.9 cm³/mol. The number of halogens is 1. The maximum Gasteiger partial charge on any atom is 0.255 e. The van der Waals surface area contributed by atoms with Crippen molar-refractivity contribution >= 4 is 28.8 Å². The van der Waals surface area contributed by atoms with Crippen LogP contribution in [0.5, 0.6) is 5.75 Å². The fraction of sp³-hybridized carbons (Fsp3) is 0.353. The average Bonchev–Trinajstić information content (AvgIpc) is 3.12. The molecular weight excluding hydrogens is 348 g/mol. The van der Waals surface area contributed by atoms with Crippen LogP contribution in [-0.2, 0) is 4.74 Å². The normalized spacial score (nSPS) is 16.7. The van der Waals surface area contributed by atoms with E-state index in [0.717, 1.165) is 13.1 Å². The lowest BCUT2D eigenvalue weighted by Gasteiger charge is -2.34. The topological polar surface area (TPSA) is 61.8 Å². The second kappa shape index (κ2) is 7.98. The summed E-state index contributed by atoms with van der Waals surface area (Å²) >= 11 is 7.59. The minimum Gasteiger partial charge on any atom is -0.507 e. The molecule has 128 valence electrons. The maximum atomic E-state index is 12.4. The Kier molecular flexibility index (Phi) is 5.73. The van der Waals surface area contributed by atoms with Gasteiger partial charge in [0, 0.05) is 29.5 Å². The SMILES string of the molecule is O=C(NCC(c1cccs1)N1CCOCC1)c1cc(Cl)ccc1O. The van der Waals surface area contributed by atoms with Gasteiger partial charge in [0.1, 0.15) is 5.75 Å². The van der Waals surface area contributed by atoms with Crippen LogP contribution in [0, 0.1) is 0 Å². The van der Waals surface area contributed by atoms with Crippen molar-refractivity contribution in [2.75, 3.05) is 32.8 Å². The lowest BCUT2D eigenvalue weighted by Crippen LogP contribution is -2.43. The van der Waals surface area contributed by atoms with E-state index in [-0.39, 0.29) is 23.3 Å². The first-order valence-corrected chi connectivity index (χ1v) is 9.03. The highest BCUT2D eigenvalue weighted by Crippen LogP contribution is 2.26. The van der Waals surface area contributed by atoms with Gasteiger partial charge in [-0.1, -0.05) is 17.7 Å². The summed E-state index contributed by atoms with van der Waals surface area (Å²) in [5.41, 5.74) is 0.189. The van der Waals surface area contributed by atoms with Crippen LogP contribution in [-0.4, -0.2) is 48.8 Å². The van der Waals surface area contributed by atoms with Crippen LogP contribution in [0.2, 0.25) is 5.02 Å². The van der Waals surface area contributed by atoms with Crippen molar-refractivity contribution in [2.24, 2.45) is 0 Å². The fourth-order valence-electron chi connectivity index (χ4n) is 2.75. The fourth-order valence-corrected chi connectivity index (χ4v) is 3.79. The minimum absolute atomic E-state index is 0.0732. The molecule has 1 aromatic carbocycles. The standard InChI is InChI=1S/C17H19ClN2O3S/c18-12-3-4-15(21)13(10-12)17(22)19-11-14(16-2-1-9-24-16)20-5-7-23-8-6-20/h1-4,9-10,14,21H,5-8,11H2,(H,19,22). The molecule has 1 saturated heterocycles. The molecule has 3 rings (SSSR count). The van der Waals surface area contributed by atoms with Crippen LogP contribution < -0.4 is 5.32 Å². The van der Waals surface area contributed by atoms with Crippen LogP contribution in [0.3, 0.4) is 0 Å². The number of morpholine rings is 1. The second-order valence-electron chi connectivity index (χ2n) is 5.55. The van der Waals surface area contributed by atoms with E-state index in [2.05, 4.69) is 16.3 Å². The number of hydrogen-bond acceptors (Lipinski definition) is 5. The maximum absolute atomic E-state index is 12.4. The number of hydrogen-bond donors (Lipinski definition) is 2. The van der Waals surface area contributed by atoms with Crippen LogP contribution in [0.15, 0.2) is 35.7 Å². The smallest absolute Gasteiger partial charge is 0.255 e. The lowest BCUT2D eigenvalue weighted by atomic mass is 10.1. The van der Waals surface area contributed by atoms with E-state index in [4.69, 9.17) is 16.3 Å². The Hall–Kier alpha value is -1.60. The van der Waals surface area contributed by atoms with Gasteiger partial charge in [0.05, 0.1) is 24.8 Å². The van der Waals surface area contributed by atoms with Crippen LogP contribution in [0.1, 0.15) is 21.3 Å². The number of carbonyl (C=O) groups excluding carboxylic acids is 1. The Morgan fingerprint density at radius 3 is 2.88 bits per heavy atom. The van der Waals surface area contributed by atoms with Gasteiger partial charge in [-0.15, -0.1) is 11.3 Å². The first-order valence-electron chi connectivity index (χ1n) is 7.77. The summed E-state index contributed by atoms with van der Waals surface area (Å²) in [6, 6.07) is 8.64. The number of benzene rings is 1. The summed E-state index contributed by atoms with van der Waals surface area (Å²) in [5.74, 6) is -0.402. The molecule has 2 heterocycles. The van der Waals surface area contributed by atoms with Gasteiger partial charge in [-0.25, -0.2) is 0 Å². The third kappa shape index (κ3) is 4.08. The first kappa shape index (κ1) is 17.2. The Morgan fingerprint density at radius 1 is 1.38 bits per heavy atom. The number of nitrogens with one attached hydrogen (secondary N) is 1. The van der Waals surface area contributed by atoms with Gasteiger partial charge in [-0.3, -0.25) is 9.69 Å². The Bertz CT molecular complexity index is 687. The number of carbonyl (C=O) groups is 1. The molecule has 1 fully saturated rings. The molecule has 2 N–H and O–H groups in total. The molecule has 0 bridgehead atoms. The van der Waals surface area contributed by atoms with Crippen LogP contribution >= 0.6 is 22.9 Å². The molecule has 0 spiro atoms. The van der Waals surface area contributed by atoms with Gasteiger partial charge in [0.25, 0.3) is 5.91 Å². The van der Waals surface area contributed by atoms with Gasteiger partial charge in [0.15, 0.2) is 0 Å². The third-order valence-electron chi connectivity index (χ3n) is 4.02. The summed E-state index contributed by atoms with van der Waals surface area (Å²) in [6.07, 6.45) is 0. The zero-order chi connectivity index (χ0) is 16.9. The molecule has 0 saturated carbocycles. The van der Waals surface area contributed by atoms with Crippen molar-refractivity contribution in [3.05, 3.63) is 51.2 Å². The van der Waals surface area contributed by atoms with E-state index < -0.39 is 0 Å². The Morgan fingerprint density at radius 2 is 2.17 bits per heavy atom. The summed E-state index contributed by atoms with van der Waals surface area (Å²) < 4.78 is 5.42. The van der Waals surface area contributed by atoms with Gasteiger partial charge in [0.2, 0.25) is 0 Å². The molecular formula is C17H19ClN2O3S. The summed E-state index contributed by atoms with van der Waals surface area (Å²) in [4.78, 5) is 15.9. The van der Waals surface area contributed by atoms with Crippen LogP contribution in [0.25, 0.3) is 0 Å². The molecule has 0 radical (unpaired) electrons. The summed E-state index contributed by atoms with van der Waals surface area (Å²) in [5, 5.41) is 15.2. The molecule has 1 aromatic heterocycles. The minimum atomic E-state index is -0.329. The monoisotopic (exact) mass is 366 g/mol. The summed E-state index contributed by atoms with van der Waals surface area (Å²) in [6.45, 7) is 3.53. The molecule has 24 heavy (non-hydrogen) atoms. The molecule has 1 atom stereocenters. The van der Waals surface area contributed by atoms with E-state index in [1.165, 1.54) is 17.0 Å². The Balaban J connectivity index is 1.71. The second-order valence-corrected chi connectivity index (χ2v) is 6.97. The van der Waals surface area contributed by atoms with Crippen molar-refractivity contribution in [3.63, 3.8) is 0 Å². The van der Waals surface area contributed by atoms with Crippen molar-refractivity contribution in [1.29, 1.82) is 0 Å². The highest BCUT2D eigenvalue weighted by Gasteiger charge is 2.24. The zero-order valence-corrected chi connectivity index (χ0v) is 14.6. The molecule has 1 aliphatic heterocycles. The highest BCUT2D eigenvalue weighted by molar-refractivity contribution is 7.10. The molecule has 1 unspecified atom stereocenters. The number of phenols is 1. The Labute approximate surface area is 149 Å². The number of aromatic hydroxyl groups is 1. The van der Waals surface area contributed by atoms with E-state index in [0.29, 0.717) is 24.8 Å². The summed E-state index contributed by atoms with van der Waals surface area (Å²) in [7, 11) is 0. The molecule has 1 amide bonds. The lowest BCUT2D eigenvalue weighted by molar-refractivity contribution is 0.0169.